The summed E-state index contributed by atoms with van der Waals surface area (Å²) in [6, 6.07) is 63.8. The van der Waals surface area contributed by atoms with E-state index in [1.807, 2.05) is 6.07 Å². The van der Waals surface area contributed by atoms with E-state index in [0.717, 1.165) is 22.3 Å². The largest absolute Gasteiger partial charge is 0.237 e. The van der Waals surface area contributed by atoms with Gasteiger partial charge in [-0.25, -0.2) is 4.85 Å². The zero-order valence-corrected chi connectivity index (χ0v) is 33.1. The van der Waals surface area contributed by atoms with Crippen molar-refractivity contribution < 1.29 is 0 Å². The first-order chi connectivity index (χ1) is 29.5. The molecule has 0 amide bonds. The van der Waals surface area contributed by atoms with E-state index in [1.54, 1.807) is 12.1 Å². The fourth-order valence-corrected chi connectivity index (χ4v) is 10.7. The second-order valence-corrected chi connectivity index (χ2v) is 16.2. The Bertz CT molecular complexity index is 3820. The molecule has 0 saturated heterocycles. The van der Waals surface area contributed by atoms with E-state index in [0.29, 0.717) is 11.3 Å². The van der Waals surface area contributed by atoms with Crippen molar-refractivity contribution in [3.8, 4) is 50.6 Å². The number of nitriles is 1. The molecule has 60 heavy (non-hydrogen) atoms. The highest BCUT2D eigenvalue weighted by Gasteiger charge is 2.27. The highest BCUT2D eigenvalue weighted by atomic mass is 14.6. The summed E-state index contributed by atoms with van der Waals surface area (Å²) < 4.78 is 0. The van der Waals surface area contributed by atoms with E-state index >= 15 is 0 Å². The van der Waals surface area contributed by atoms with Gasteiger partial charge in [-0.15, -0.1) is 0 Å². The van der Waals surface area contributed by atoms with Crippen molar-refractivity contribution in [3.63, 3.8) is 0 Å². The Morgan fingerprint density at radius 2 is 0.917 bits per heavy atom. The fraction of sp³-hybridized carbons (Fsp3) is 0.0345. The van der Waals surface area contributed by atoms with Gasteiger partial charge in [-0.1, -0.05) is 152 Å². The molecule has 12 aromatic rings. The highest BCUT2D eigenvalue weighted by molar-refractivity contribution is 6.45. The van der Waals surface area contributed by atoms with Gasteiger partial charge in [0.05, 0.1) is 12.6 Å². The normalized spacial score (nSPS) is 11.8. The molecule has 0 aromatic heterocycles. The predicted molar refractivity (Wildman–Crippen MR) is 254 cm³/mol. The minimum atomic E-state index is 0.492. The van der Waals surface area contributed by atoms with Crippen LogP contribution in [0.1, 0.15) is 16.7 Å². The van der Waals surface area contributed by atoms with Crippen molar-refractivity contribution >= 4 is 81.1 Å². The Labute approximate surface area is 347 Å². The van der Waals surface area contributed by atoms with E-state index in [9.17, 15) is 5.26 Å². The summed E-state index contributed by atoms with van der Waals surface area (Å²) in [5, 5.41) is 27.5. The van der Waals surface area contributed by atoms with Crippen LogP contribution < -0.4 is 0 Å². The fourth-order valence-electron chi connectivity index (χ4n) is 10.7. The SMILES string of the molecule is [C-]#[N+]c1cc(C#N)ccc1-c1cc(C)c(-c2ccc3c4c(-c5ccccc5)c5c(cc6c7ccccc7c7cccc5c76)c(-c5ccccc5)c4c4cccc2c43)c(C)c1. The number of fused-ring (bicyclic) bond motifs is 8. The second kappa shape index (κ2) is 12.7. The molecule has 0 saturated carbocycles. The number of nitrogens with zero attached hydrogens (tertiary/aromatic N) is 2. The van der Waals surface area contributed by atoms with Gasteiger partial charge in [-0.2, -0.15) is 5.26 Å². The first-order valence-electron chi connectivity index (χ1n) is 20.4. The van der Waals surface area contributed by atoms with Gasteiger partial charge < -0.3 is 0 Å². The lowest BCUT2D eigenvalue weighted by atomic mass is 9.84. The van der Waals surface area contributed by atoms with Gasteiger partial charge in [0.1, 0.15) is 0 Å². The van der Waals surface area contributed by atoms with Crippen molar-refractivity contribution in [2.75, 3.05) is 0 Å². The number of hydrogen-bond donors (Lipinski definition) is 0. The van der Waals surface area contributed by atoms with Crippen LogP contribution in [-0.2, 0) is 0 Å². The lowest BCUT2D eigenvalue weighted by Crippen LogP contribution is -1.92. The summed E-state index contributed by atoms with van der Waals surface area (Å²) in [6.07, 6.45) is 0. The van der Waals surface area contributed by atoms with E-state index in [4.69, 9.17) is 6.57 Å². The number of rotatable bonds is 4. The summed E-state index contributed by atoms with van der Waals surface area (Å²) in [6.45, 7) is 12.2. The van der Waals surface area contributed by atoms with Crippen LogP contribution in [-0.4, -0.2) is 0 Å². The highest BCUT2D eigenvalue weighted by Crippen LogP contribution is 2.55. The Morgan fingerprint density at radius 1 is 0.383 bits per heavy atom. The lowest BCUT2D eigenvalue weighted by molar-refractivity contribution is 1.38. The number of hydrogen-bond acceptors (Lipinski definition) is 1. The van der Waals surface area contributed by atoms with E-state index in [-0.39, 0.29) is 0 Å². The van der Waals surface area contributed by atoms with Crippen molar-refractivity contribution in [1.29, 1.82) is 5.26 Å². The van der Waals surface area contributed by atoms with Crippen LogP contribution in [0.5, 0.6) is 0 Å². The molecule has 0 aliphatic carbocycles. The van der Waals surface area contributed by atoms with Gasteiger partial charge in [0.2, 0.25) is 0 Å². The van der Waals surface area contributed by atoms with E-state index in [1.165, 1.54) is 109 Å². The smallest absolute Gasteiger partial charge is 0.196 e. The van der Waals surface area contributed by atoms with E-state index < -0.39 is 0 Å². The van der Waals surface area contributed by atoms with Crippen molar-refractivity contribution in [2.24, 2.45) is 0 Å². The van der Waals surface area contributed by atoms with Crippen LogP contribution in [0.2, 0.25) is 0 Å². The first kappa shape index (κ1) is 34.0. The van der Waals surface area contributed by atoms with Crippen LogP contribution in [0, 0.1) is 31.8 Å². The summed E-state index contributed by atoms with van der Waals surface area (Å²) in [4.78, 5) is 3.80. The molecular formula is C58H34N2. The maximum Gasteiger partial charge on any atom is 0.196 e. The average Bonchev–Trinajstić information content (AvgIpc) is 3.80. The monoisotopic (exact) mass is 758 g/mol. The molecular weight excluding hydrogens is 725 g/mol. The van der Waals surface area contributed by atoms with Gasteiger partial charge >= 0.3 is 0 Å². The standard InChI is InChI=1S/C58H34N2/c1-33-28-38(39-25-24-35(32-59)30-50(39)60-3)29-34(2)51(33)44-26-27-47-54-43(44)21-13-23-46(54)57-52(36-14-6-4-7-15-36)49-31-48-41-19-11-10-18-40(41)42-20-12-22-45(55(42)48)56(49)53(58(47)57)37-16-8-5-9-17-37/h4-31H,1-2H3. The van der Waals surface area contributed by atoms with Crippen LogP contribution >= 0.6 is 0 Å². The molecule has 276 valence electrons. The molecule has 0 radical (unpaired) electrons. The zero-order chi connectivity index (χ0) is 40.2. The maximum absolute atomic E-state index is 9.50. The Hall–Kier alpha value is -8.04. The molecule has 2 nitrogen and oxygen atoms in total. The molecule has 0 aliphatic heterocycles. The van der Waals surface area contributed by atoms with Crippen molar-refractivity contribution in [2.45, 2.75) is 13.8 Å². The van der Waals surface area contributed by atoms with Crippen LogP contribution in [0.15, 0.2) is 170 Å². The lowest BCUT2D eigenvalue weighted by Gasteiger charge is -2.19. The molecule has 0 fully saturated rings. The molecule has 0 atom stereocenters. The second-order valence-electron chi connectivity index (χ2n) is 16.2. The van der Waals surface area contributed by atoms with Gasteiger partial charge in [-0.05, 0) is 163 Å². The molecule has 0 N–H and O–H groups in total. The third-order valence-corrected chi connectivity index (χ3v) is 13.0. The maximum atomic E-state index is 9.50. The van der Waals surface area contributed by atoms with Crippen molar-refractivity contribution in [3.05, 3.63) is 198 Å². The average molecular weight is 759 g/mol. The van der Waals surface area contributed by atoms with Gasteiger partial charge in [0.15, 0.2) is 5.69 Å². The Morgan fingerprint density at radius 3 is 1.60 bits per heavy atom. The molecule has 0 spiro atoms. The summed E-state index contributed by atoms with van der Waals surface area (Å²) in [5.41, 5.74) is 12.5. The van der Waals surface area contributed by atoms with Crippen molar-refractivity contribution in [1.82, 2.24) is 0 Å². The summed E-state index contributed by atoms with van der Waals surface area (Å²) >= 11 is 0. The minimum absolute atomic E-state index is 0.492. The third-order valence-electron chi connectivity index (χ3n) is 13.0. The molecule has 0 unspecified atom stereocenters. The van der Waals surface area contributed by atoms with Gasteiger partial charge in [0.25, 0.3) is 0 Å². The first-order valence-corrected chi connectivity index (χ1v) is 20.4. The third kappa shape index (κ3) is 4.62. The Kier molecular flexibility index (Phi) is 7.22. The van der Waals surface area contributed by atoms with E-state index in [2.05, 4.69) is 176 Å². The summed E-state index contributed by atoms with van der Waals surface area (Å²) in [7, 11) is 0. The molecule has 0 aliphatic rings. The Balaban J connectivity index is 1.24. The topological polar surface area (TPSA) is 28.1 Å². The van der Waals surface area contributed by atoms with Crippen LogP contribution in [0.25, 0.3) is 125 Å². The molecule has 12 rings (SSSR count). The molecule has 0 bridgehead atoms. The quantitative estimate of drug-likeness (QED) is 0.130. The predicted octanol–water partition coefficient (Wildman–Crippen LogP) is 16.3. The number of aryl methyl sites for hydroxylation is 2. The summed E-state index contributed by atoms with van der Waals surface area (Å²) in [5.74, 6) is 0. The van der Waals surface area contributed by atoms with Crippen LogP contribution in [0.4, 0.5) is 5.69 Å². The zero-order valence-electron chi connectivity index (χ0n) is 33.1. The van der Waals surface area contributed by atoms with Crippen LogP contribution in [0.3, 0.4) is 0 Å². The minimum Gasteiger partial charge on any atom is -0.237 e. The number of benzene rings is 10. The van der Waals surface area contributed by atoms with Gasteiger partial charge in [0, 0.05) is 5.56 Å². The molecule has 12 aromatic carbocycles. The molecule has 0 heterocycles. The molecule has 2 heteroatoms. The van der Waals surface area contributed by atoms with Gasteiger partial charge in [-0.3, -0.25) is 0 Å².